The maximum Gasteiger partial charge on any atom is 0.322 e. The zero-order valence-electron chi connectivity index (χ0n) is 10.1. The fraction of sp³-hybridized carbons (Fsp3) is 0.400. The summed E-state index contributed by atoms with van der Waals surface area (Å²) in [7, 11) is 1.73. The molecule has 0 unspecified atom stereocenters. The van der Waals surface area contributed by atoms with E-state index in [0.29, 0.717) is 28.9 Å². The molecule has 0 fully saturated rings. The Morgan fingerprint density at radius 1 is 1.39 bits per heavy atom. The summed E-state index contributed by atoms with van der Waals surface area (Å²) in [5.74, 6) is 0.449. The Kier molecular flexibility index (Phi) is 4.35. The van der Waals surface area contributed by atoms with Crippen LogP contribution in [0.4, 0.5) is 5.95 Å². The number of nitrogens with one attached hydrogen (secondary N) is 1. The van der Waals surface area contributed by atoms with E-state index in [1.165, 1.54) is 18.0 Å². The summed E-state index contributed by atoms with van der Waals surface area (Å²) in [4.78, 5) is 16.4. The highest BCUT2D eigenvalue weighted by Crippen LogP contribution is 2.24. The third-order valence-corrected chi connectivity index (χ3v) is 2.58. The van der Waals surface area contributed by atoms with E-state index in [0.717, 1.165) is 6.42 Å². The van der Waals surface area contributed by atoms with Gasteiger partial charge in [0.25, 0.3) is 5.22 Å². The van der Waals surface area contributed by atoms with E-state index in [1.54, 1.807) is 13.2 Å². The Morgan fingerprint density at radius 2 is 2.28 bits per heavy atom. The number of aromatic nitrogens is 4. The number of anilines is 1. The number of ether oxygens (including phenoxy) is 1. The van der Waals surface area contributed by atoms with Gasteiger partial charge in [-0.25, -0.2) is 4.98 Å². The van der Waals surface area contributed by atoms with Gasteiger partial charge in [-0.2, -0.15) is 15.0 Å². The lowest BCUT2D eigenvalue weighted by atomic mass is 10.5. The molecule has 0 spiro atoms. The van der Waals surface area contributed by atoms with Gasteiger partial charge in [-0.05, 0) is 6.42 Å². The van der Waals surface area contributed by atoms with Crippen LogP contribution in [0.25, 0.3) is 0 Å². The molecule has 0 aromatic carbocycles. The molecule has 0 aliphatic carbocycles. The first-order chi connectivity index (χ1) is 8.81. The highest BCUT2D eigenvalue weighted by atomic mass is 32.2. The summed E-state index contributed by atoms with van der Waals surface area (Å²) >= 11 is 1.21. The smallest absolute Gasteiger partial charge is 0.322 e. The van der Waals surface area contributed by atoms with E-state index >= 15 is 0 Å². The minimum Gasteiger partial charge on any atom is -0.463 e. The third-order valence-electron chi connectivity index (χ3n) is 1.84. The van der Waals surface area contributed by atoms with Crippen molar-refractivity contribution in [2.75, 3.05) is 19.0 Å². The summed E-state index contributed by atoms with van der Waals surface area (Å²) in [5, 5.41) is 3.81. The van der Waals surface area contributed by atoms with Crippen LogP contribution in [0.5, 0.6) is 6.01 Å². The van der Waals surface area contributed by atoms with Crippen LogP contribution in [0.15, 0.2) is 27.3 Å². The molecule has 0 amide bonds. The van der Waals surface area contributed by atoms with Crippen molar-refractivity contribution in [3.05, 3.63) is 12.5 Å². The third kappa shape index (κ3) is 3.33. The first-order valence-electron chi connectivity index (χ1n) is 5.45. The van der Waals surface area contributed by atoms with Gasteiger partial charge in [0.1, 0.15) is 6.26 Å². The molecule has 0 radical (unpaired) electrons. The molecule has 0 aliphatic rings. The molecule has 2 rings (SSSR count). The van der Waals surface area contributed by atoms with E-state index in [2.05, 4.69) is 25.3 Å². The Labute approximate surface area is 108 Å². The van der Waals surface area contributed by atoms with E-state index in [1.807, 2.05) is 6.92 Å². The van der Waals surface area contributed by atoms with Crippen LogP contribution in [-0.4, -0.2) is 33.6 Å². The summed E-state index contributed by atoms with van der Waals surface area (Å²) in [6.45, 7) is 2.58. The molecule has 8 heteroatoms. The van der Waals surface area contributed by atoms with Gasteiger partial charge >= 0.3 is 6.01 Å². The van der Waals surface area contributed by atoms with Crippen LogP contribution in [-0.2, 0) is 0 Å². The second-order valence-corrected chi connectivity index (χ2v) is 4.14. The van der Waals surface area contributed by atoms with Gasteiger partial charge in [0.05, 0.1) is 12.8 Å². The monoisotopic (exact) mass is 267 g/mol. The molecular formula is C10H13N5O2S. The van der Waals surface area contributed by atoms with Crippen LogP contribution in [0.1, 0.15) is 13.3 Å². The summed E-state index contributed by atoms with van der Waals surface area (Å²) in [6.07, 6.45) is 3.96. The number of hydrogen-bond acceptors (Lipinski definition) is 8. The Balaban J connectivity index is 2.17. The fourth-order valence-electron chi connectivity index (χ4n) is 1.09. The van der Waals surface area contributed by atoms with Crippen LogP contribution in [0.2, 0.25) is 0 Å². The predicted molar refractivity (Wildman–Crippen MR) is 65.8 cm³/mol. The molecule has 7 nitrogen and oxygen atoms in total. The lowest BCUT2D eigenvalue weighted by Crippen LogP contribution is -2.05. The molecule has 18 heavy (non-hydrogen) atoms. The van der Waals surface area contributed by atoms with E-state index in [-0.39, 0.29) is 0 Å². The van der Waals surface area contributed by atoms with Crippen LogP contribution < -0.4 is 10.1 Å². The Bertz CT molecular complexity index is 491. The summed E-state index contributed by atoms with van der Waals surface area (Å²) in [6, 6.07) is 0.297. The molecule has 2 aromatic heterocycles. The lowest BCUT2D eigenvalue weighted by molar-refractivity contribution is 0.288. The van der Waals surface area contributed by atoms with Crippen molar-refractivity contribution >= 4 is 17.7 Å². The average molecular weight is 267 g/mol. The Hall–Kier alpha value is -1.83. The van der Waals surface area contributed by atoms with Crippen molar-refractivity contribution in [2.24, 2.45) is 0 Å². The molecule has 2 aromatic rings. The standard InChI is InChI=1S/C10H13N5O2S/c1-3-5-16-8-13-7(11-2)14-9(15-8)18-10-12-4-6-17-10/h4,6H,3,5H2,1-2H3,(H,11,13,14,15). The van der Waals surface area contributed by atoms with Crippen LogP contribution in [0.3, 0.4) is 0 Å². The molecule has 2 heterocycles. The average Bonchev–Trinajstić information content (AvgIpc) is 2.89. The first-order valence-corrected chi connectivity index (χ1v) is 6.27. The molecule has 96 valence electrons. The van der Waals surface area contributed by atoms with E-state index in [9.17, 15) is 0 Å². The molecule has 0 atom stereocenters. The highest BCUT2D eigenvalue weighted by Gasteiger charge is 2.10. The maximum absolute atomic E-state index is 5.39. The quantitative estimate of drug-likeness (QED) is 0.848. The Morgan fingerprint density at radius 3 is 2.94 bits per heavy atom. The zero-order chi connectivity index (χ0) is 12.8. The predicted octanol–water partition coefficient (Wildman–Crippen LogP) is 1.84. The SMILES string of the molecule is CCCOc1nc(NC)nc(Sc2ncco2)n1. The molecule has 0 saturated carbocycles. The molecular weight excluding hydrogens is 254 g/mol. The minimum absolute atomic E-state index is 0.297. The second-order valence-electron chi connectivity index (χ2n) is 3.22. The summed E-state index contributed by atoms with van der Waals surface area (Å²) in [5.41, 5.74) is 0. The number of nitrogens with zero attached hydrogens (tertiary/aromatic N) is 4. The van der Waals surface area contributed by atoms with Crippen molar-refractivity contribution in [2.45, 2.75) is 23.7 Å². The second kappa shape index (κ2) is 6.20. The van der Waals surface area contributed by atoms with Crippen molar-refractivity contribution in [1.82, 2.24) is 19.9 Å². The number of rotatable bonds is 6. The maximum atomic E-state index is 5.39. The van der Waals surface area contributed by atoms with Crippen LogP contribution in [0, 0.1) is 0 Å². The van der Waals surface area contributed by atoms with Crippen molar-refractivity contribution in [3.63, 3.8) is 0 Å². The minimum atomic E-state index is 0.297. The largest absolute Gasteiger partial charge is 0.463 e. The number of hydrogen-bond donors (Lipinski definition) is 1. The van der Waals surface area contributed by atoms with Gasteiger partial charge in [-0.3, -0.25) is 0 Å². The molecule has 0 saturated heterocycles. The van der Waals surface area contributed by atoms with Gasteiger partial charge in [0, 0.05) is 18.8 Å². The lowest BCUT2D eigenvalue weighted by Gasteiger charge is -2.05. The highest BCUT2D eigenvalue weighted by molar-refractivity contribution is 7.98. The summed E-state index contributed by atoms with van der Waals surface area (Å²) < 4.78 is 10.5. The van der Waals surface area contributed by atoms with E-state index in [4.69, 9.17) is 9.15 Å². The van der Waals surface area contributed by atoms with Gasteiger partial charge in [0.2, 0.25) is 11.1 Å². The van der Waals surface area contributed by atoms with Crippen molar-refractivity contribution < 1.29 is 9.15 Å². The van der Waals surface area contributed by atoms with Crippen LogP contribution >= 0.6 is 11.8 Å². The topological polar surface area (TPSA) is 86.0 Å². The zero-order valence-corrected chi connectivity index (χ0v) is 10.9. The molecule has 1 N–H and O–H groups in total. The normalized spacial score (nSPS) is 10.3. The fourth-order valence-corrected chi connectivity index (χ4v) is 1.72. The molecule has 0 bridgehead atoms. The number of oxazole rings is 1. The van der Waals surface area contributed by atoms with Crippen molar-refractivity contribution in [1.29, 1.82) is 0 Å². The van der Waals surface area contributed by atoms with Gasteiger partial charge in [0.15, 0.2) is 0 Å². The van der Waals surface area contributed by atoms with Crippen molar-refractivity contribution in [3.8, 4) is 6.01 Å². The van der Waals surface area contributed by atoms with Gasteiger partial charge < -0.3 is 14.5 Å². The van der Waals surface area contributed by atoms with Gasteiger partial charge in [-0.15, -0.1) is 0 Å². The molecule has 0 aliphatic heterocycles. The van der Waals surface area contributed by atoms with E-state index < -0.39 is 0 Å². The first kappa shape index (κ1) is 12.6. The van der Waals surface area contributed by atoms with Gasteiger partial charge in [-0.1, -0.05) is 6.92 Å².